The molecule has 0 aliphatic heterocycles. The number of carboxylic acids is 1. The van der Waals surface area contributed by atoms with Gasteiger partial charge in [-0.3, -0.25) is 9.59 Å². The van der Waals surface area contributed by atoms with Gasteiger partial charge in [0.2, 0.25) is 0 Å². The summed E-state index contributed by atoms with van der Waals surface area (Å²) < 4.78 is 29.9. The predicted octanol–water partition coefficient (Wildman–Crippen LogP) is 6.07. The number of amides is 1. The van der Waals surface area contributed by atoms with Crippen LogP contribution in [0, 0.1) is 11.6 Å². The van der Waals surface area contributed by atoms with Gasteiger partial charge in [0.25, 0.3) is 5.91 Å². The molecular formula is C33H34CaF2N2O5. The van der Waals surface area contributed by atoms with Crippen molar-refractivity contribution in [1.29, 1.82) is 0 Å². The molecule has 0 unspecified atom stereocenters. The Kier molecular flexibility index (Phi) is 12.5. The third-order valence-electron chi connectivity index (χ3n) is 6.98. The Hall–Kier alpha value is -3.08. The first kappa shape index (κ1) is 34.4. The summed E-state index contributed by atoms with van der Waals surface area (Å²) in [5.41, 5.74) is 3.91. The molecule has 0 bridgehead atoms. The van der Waals surface area contributed by atoms with E-state index in [0.29, 0.717) is 28.1 Å². The number of anilines is 1. The predicted molar refractivity (Wildman–Crippen MR) is 163 cm³/mol. The molecule has 7 nitrogen and oxygen atoms in total. The third-order valence-corrected chi connectivity index (χ3v) is 6.98. The van der Waals surface area contributed by atoms with Gasteiger partial charge in [-0.25, -0.2) is 8.78 Å². The van der Waals surface area contributed by atoms with Crippen LogP contribution >= 0.6 is 0 Å². The second kappa shape index (κ2) is 15.6. The number of aliphatic hydroxyl groups excluding tert-OH is 2. The average molecular weight is 617 g/mol. The molecular weight excluding hydrogens is 582 g/mol. The van der Waals surface area contributed by atoms with Gasteiger partial charge >= 0.3 is 5.97 Å². The minimum absolute atomic E-state index is 0. The fraction of sp³-hybridized carbons (Fsp3) is 0.273. The molecule has 2 atom stereocenters. The molecule has 0 spiro atoms. The summed E-state index contributed by atoms with van der Waals surface area (Å²) in [7, 11) is 0. The first-order valence-corrected chi connectivity index (χ1v) is 13.8. The van der Waals surface area contributed by atoms with Crippen molar-refractivity contribution in [3.05, 3.63) is 102 Å². The Morgan fingerprint density at radius 3 is 2.14 bits per heavy atom. The Bertz CT molecular complexity index is 1540. The van der Waals surface area contributed by atoms with Crippen molar-refractivity contribution in [3.63, 3.8) is 0 Å². The quantitative estimate of drug-likeness (QED) is 0.144. The summed E-state index contributed by atoms with van der Waals surface area (Å²) in [6.45, 7) is 4.08. The number of rotatable bonds is 12. The van der Waals surface area contributed by atoms with Crippen molar-refractivity contribution < 1.29 is 33.7 Å². The second-order valence-corrected chi connectivity index (χ2v) is 10.6. The third kappa shape index (κ3) is 8.74. The first-order valence-electron chi connectivity index (χ1n) is 13.8. The molecule has 0 aliphatic carbocycles. The fourth-order valence-corrected chi connectivity index (χ4v) is 5.25. The zero-order valence-electron chi connectivity index (χ0n) is 24.1. The van der Waals surface area contributed by atoms with Crippen LogP contribution in [0.25, 0.3) is 22.4 Å². The number of aromatic nitrogens is 1. The Labute approximate surface area is 279 Å². The molecule has 0 aliphatic rings. The van der Waals surface area contributed by atoms with Crippen LogP contribution in [0.15, 0.2) is 78.9 Å². The molecule has 222 valence electrons. The van der Waals surface area contributed by atoms with Gasteiger partial charge in [-0.1, -0.05) is 50.2 Å². The SMILES string of the molecule is CC(C)c1c(C(=O)Nc2cccc(F)c2)c(-c2ccccc2)c(-c2ccc(F)cc2)n1CC[C@@H](O)C[C@@H](O)CC(=O)O.[Ca]. The van der Waals surface area contributed by atoms with Gasteiger partial charge in [0.1, 0.15) is 11.6 Å². The molecule has 1 amide bonds. The van der Waals surface area contributed by atoms with E-state index >= 15 is 0 Å². The molecule has 4 rings (SSSR count). The Morgan fingerprint density at radius 1 is 0.860 bits per heavy atom. The van der Waals surface area contributed by atoms with Gasteiger partial charge in [0, 0.05) is 61.2 Å². The van der Waals surface area contributed by atoms with Crippen molar-refractivity contribution >= 4 is 55.3 Å². The molecule has 10 heteroatoms. The molecule has 4 aromatic rings. The van der Waals surface area contributed by atoms with Crippen LogP contribution < -0.4 is 5.32 Å². The van der Waals surface area contributed by atoms with E-state index < -0.39 is 42.1 Å². The molecule has 0 saturated carbocycles. The van der Waals surface area contributed by atoms with Crippen LogP contribution in [0.4, 0.5) is 14.5 Å². The van der Waals surface area contributed by atoms with Crippen molar-refractivity contribution in [1.82, 2.24) is 4.57 Å². The van der Waals surface area contributed by atoms with E-state index in [9.17, 15) is 28.6 Å². The van der Waals surface area contributed by atoms with E-state index in [2.05, 4.69) is 5.32 Å². The van der Waals surface area contributed by atoms with Crippen molar-refractivity contribution in [2.24, 2.45) is 0 Å². The number of carbonyl (C=O) groups excluding carboxylic acids is 1. The van der Waals surface area contributed by atoms with E-state index in [-0.39, 0.29) is 68.7 Å². The van der Waals surface area contributed by atoms with Crippen LogP contribution in [0.5, 0.6) is 0 Å². The maximum Gasteiger partial charge on any atom is 0.305 e. The molecule has 1 aromatic heterocycles. The van der Waals surface area contributed by atoms with Gasteiger partial charge in [-0.2, -0.15) is 0 Å². The number of nitrogens with zero attached hydrogens (tertiary/aromatic N) is 1. The minimum atomic E-state index is -1.21. The number of hydrogen-bond donors (Lipinski definition) is 4. The zero-order chi connectivity index (χ0) is 30.4. The minimum Gasteiger partial charge on any atom is -0.481 e. The standard InChI is InChI=1S/C33H34F2N2O5.Ca/c1-20(2)31-30(33(42)36-25-10-6-9-24(35)17-25)29(21-7-4-3-5-8-21)32(22-11-13-23(34)14-12-22)37(31)16-15-26(38)18-27(39)19-28(40)41;/h3-14,17,20,26-27,38-39H,15-16,18-19H2,1-2H3,(H,36,42)(H,40,41);/t26-,27-;/m1./s1. The number of halogens is 2. The van der Waals surface area contributed by atoms with E-state index in [1.807, 2.05) is 48.7 Å². The summed E-state index contributed by atoms with van der Waals surface area (Å²) >= 11 is 0. The van der Waals surface area contributed by atoms with Crippen molar-refractivity contribution in [2.75, 3.05) is 5.32 Å². The van der Waals surface area contributed by atoms with E-state index in [1.54, 1.807) is 18.2 Å². The summed E-state index contributed by atoms with van der Waals surface area (Å²) in [4.78, 5) is 25.0. The van der Waals surface area contributed by atoms with E-state index in [1.165, 1.54) is 30.3 Å². The van der Waals surface area contributed by atoms with Gasteiger partial charge in [0.15, 0.2) is 0 Å². The second-order valence-electron chi connectivity index (χ2n) is 10.6. The van der Waals surface area contributed by atoms with Crippen LogP contribution in [0.3, 0.4) is 0 Å². The number of aliphatic carboxylic acids is 1. The van der Waals surface area contributed by atoms with Crippen LogP contribution in [0.2, 0.25) is 0 Å². The molecule has 1 heterocycles. The van der Waals surface area contributed by atoms with Gasteiger partial charge in [-0.15, -0.1) is 0 Å². The maximum absolute atomic E-state index is 14.0. The Morgan fingerprint density at radius 2 is 1.53 bits per heavy atom. The first-order chi connectivity index (χ1) is 20.0. The fourth-order valence-electron chi connectivity index (χ4n) is 5.25. The summed E-state index contributed by atoms with van der Waals surface area (Å²) in [5, 5.41) is 32.6. The Balaban J connectivity index is 0.00000506. The van der Waals surface area contributed by atoms with Crippen LogP contribution in [0.1, 0.15) is 55.1 Å². The molecule has 4 N–H and O–H groups in total. The van der Waals surface area contributed by atoms with Crippen molar-refractivity contribution in [2.45, 2.75) is 57.8 Å². The molecule has 0 saturated heterocycles. The average Bonchev–Trinajstić information content (AvgIpc) is 3.28. The largest absolute Gasteiger partial charge is 0.481 e. The molecule has 43 heavy (non-hydrogen) atoms. The van der Waals surface area contributed by atoms with E-state index in [0.717, 1.165) is 5.56 Å². The van der Waals surface area contributed by atoms with Crippen LogP contribution in [-0.2, 0) is 11.3 Å². The monoisotopic (exact) mass is 616 g/mol. The number of benzene rings is 3. The summed E-state index contributed by atoms with van der Waals surface area (Å²) in [6, 6.07) is 20.8. The summed E-state index contributed by atoms with van der Waals surface area (Å²) in [6.07, 6.45) is -2.70. The summed E-state index contributed by atoms with van der Waals surface area (Å²) in [5.74, 6) is -2.73. The van der Waals surface area contributed by atoms with Gasteiger partial charge in [0.05, 0.1) is 29.9 Å². The molecule has 0 fully saturated rings. The maximum atomic E-state index is 14.0. The van der Waals surface area contributed by atoms with E-state index in [4.69, 9.17) is 5.11 Å². The zero-order valence-corrected chi connectivity index (χ0v) is 26.3. The van der Waals surface area contributed by atoms with Crippen molar-refractivity contribution in [3.8, 4) is 22.4 Å². The molecule has 2 radical (unpaired) electrons. The number of aliphatic hydroxyl groups is 2. The smallest absolute Gasteiger partial charge is 0.305 e. The topological polar surface area (TPSA) is 112 Å². The normalized spacial score (nSPS) is 12.4. The number of nitrogens with one attached hydrogen (secondary N) is 1. The van der Waals surface area contributed by atoms with Gasteiger partial charge in [-0.05, 0) is 72.4 Å². The molecule has 3 aromatic carbocycles. The van der Waals surface area contributed by atoms with Gasteiger partial charge < -0.3 is 25.2 Å². The number of hydrogen-bond acceptors (Lipinski definition) is 4. The number of carbonyl (C=O) groups is 2. The number of carboxylic acid groups (broad SMARTS) is 1. The van der Waals surface area contributed by atoms with Crippen LogP contribution in [-0.4, -0.2) is 81.7 Å².